The molecule has 0 unspecified atom stereocenters. The van der Waals surface area contributed by atoms with Crippen LogP contribution in [0, 0.1) is 0 Å². The molecular formula is C11H48O15Si16. The van der Waals surface area contributed by atoms with Crippen molar-refractivity contribution in [3.8, 4) is 0 Å². The van der Waals surface area contributed by atoms with Crippen LogP contribution in [0.3, 0.4) is 0 Å². The van der Waals surface area contributed by atoms with Gasteiger partial charge in [-0.3, -0.25) is 0 Å². The first-order valence-electron chi connectivity index (χ1n) is 13.4. The van der Waals surface area contributed by atoms with Gasteiger partial charge in [0.1, 0.15) is 10.5 Å². The van der Waals surface area contributed by atoms with E-state index in [1.165, 1.54) is 5.56 Å². The normalized spacial score (nSPS) is 16.0. The Morgan fingerprint density at radius 2 is 0.786 bits per heavy atom. The van der Waals surface area contributed by atoms with Crippen molar-refractivity contribution in [1.82, 2.24) is 0 Å². The summed E-state index contributed by atoms with van der Waals surface area (Å²) in [6, 6.07) is 13.9. The predicted octanol–water partition coefficient (Wildman–Crippen LogP) is -11.7. The largest absolute Gasteiger partial charge is 0.449 e. The van der Waals surface area contributed by atoms with Crippen molar-refractivity contribution in [2.24, 2.45) is 0 Å². The zero-order chi connectivity index (χ0) is 30.2. The Labute approximate surface area is 286 Å². The second-order valence-electron chi connectivity index (χ2n) is 8.29. The van der Waals surface area contributed by atoms with E-state index in [0.29, 0.717) is 0 Å². The zero-order valence-corrected chi connectivity index (χ0v) is 47.8. The van der Waals surface area contributed by atoms with E-state index in [0.717, 1.165) is 28.6 Å². The van der Waals surface area contributed by atoms with Crippen LogP contribution in [-0.4, -0.2) is 159 Å². The highest BCUT2D eigenvalue weighted by Gasteiger charge is 2.30. The van der Waals surface area contributed by atoms with Crippen LogP contribution in [0.1, 0.15) is 19.4 Å². The summed E-state index contributed by atoms with van der Waals surface area (Å²) >= 11 is 0. The molecule has 0 aromatic heterocycles. The quantitative estimate of drug-likeness (QED) is 0.0488. The molecule has 1 aromatic rings. The van der Waals surface area contributed by atoms with E-state index in [4.69, 9.17) is 61.7 Å². The average molecular weight is 870 g/mol. The van der Waals surface area contributed by atoms with Gasteiger partial charge in [0.15, 0.2) is 8.32 Å². The Balaban J connectivity index is 1.76. The molecule has 0 heterocycles. The van der Waals surface area contributed by atoms with Gasteiger partial charge in [0, 0.05) is 0 Å². The minimum Gasteiger partial charge on any atom is -0.449 e. The van der Waals surface area contributed by atoms with Gasteiger partial charge in [-0.05, 0) is 23.7 Å². The predicted molar refractivity (Wildman–Crippen MR) is 203 cm³/mol. The van der Waals surface area contributed by atoms with Gasteiger partial charge >= 0.3 is 0 Å². The first kappa shape index (κ1) is 42.1. The molecule has 0 spiro atoms. The maximum atomic E-state index is 6.41. The molecule has 246 valence electrons. The summed E-state index contributed by atoms with van der Waals surface area (Å²) < 4.78 is 83.2. The lowest BCUT2D eigenvalue weighted by Crippen LogP contribution is -2.42. The molecule has 42 heavy (non-hydrogen) atoms. The summed E-state index contributed by atoms with van der Waals surface area (Å²) in [6.45, 7) is 4.48. The maximum absolute atomic E-state index is 6.41. The molecule has 0 aliphatic heterocycles. The average Bonchev–Trinajstić information content (AvgIpc) is 3.02. The number of rotatable bonds is 33. The van der Waals surface area contributed by atoms with E-state index in [1.54, 1.807) is 0 Å². The Morgan fingerprint density at radius 1 is 0.476 bits per heavy atom. The molecule has 1 aromatic carbocycles. The SMILES string of the molecule is CC[Si](CC)(Cc1ccccc1)O[SiH2]O[SiH2]O[SiH2]O[SiH2]O[SiH2]O[SiH2]O[SiH2]O[SiH2]O[SiH2]O[SiH2]O[SiH2]O[SiH2]O[SiH2]O[SiH2]O[SiH3]. The Morgan fingerprint density at radius 3 is 1.10 bits per heavy atom. The molecule has 0 atom stereocenters. The van der Waals surface area contributed by atoms with Crippen LogP contribution in [-0.2, 0) is 67.8 Å². The third-order valence-electron chi connectivity index (χ3n) is 5.31. The smallest absolute Gasteiger partial charge is 0.286 e. The second kappa shape index (κ2) is 33.0. The summed E-state index contributed by atoms with van der Waals surface area (Å²) in [5, 5.41) is 0. The van der Waals surface area contributed by atoms with E-state index < -0.39 is 148 Å². The van der Waals surface area contributed by atoms with Crippen molar-refractivity contribution >= 4 is 159 Å². The molecular weight excluding hydrogens is 821 g/mol. The monoisotopic (exact) mass is 868 g/mol. The summed E-state index contributed by atoms with van der Waals surface area (Å²) in [7, 11) is -14.8. The van der Waals surface area contributed by atoms with Gasteiger partial charge in [0.2, 0.25) is 0 Å². The van der Waals surface area contributed by atoms with Crippen LogP contribution in [0.2, 0.25) is 12.1 Å². The summed E-state index contributed by atoms with van der Waals surface area (Å²) in [4.78, 5) is 0. The summed E-state index contributed by atoms with van der Waals surface area (Å²) in [5.41, 5.74) is 1.36. The van der Waals surface area contributed by atoms with Gasteiger partial charge in [0.05, 0.1) is 0 Å². The Bertz CT molecular complexity index is 693. The third-order valence-corrected chi connectivity index (χ3v) is 30.1. The second-order valence-corrected chi connectivity index (χ2v) is 40.4. The highest BCUT2D eigenvalue weighted by molar-refractivity contribution is 6.76. The molecule has 0 amide bonds. The van der Waals surface area contributed by atoms with Crippen molar-refractivity contribution < 1.29 is 61.7 Å². The third kappa shape index (κ3) is 26.2. The first-order valence-corrected chi connectivity index (χ1v) is 32.9. The van der Waals surface area contributed by atoms with Crippen LogP contribution < -0.4 is 0 Å². The molecule has 15 nitrogen and oxygen atoms in total. The fraction of sp³-hybridized carbons (Fsp3) is 0.455. The van der Waals surface area contributed by atoms with Gasteiger partial charge in [-0.15, -0.1) is 0 Å². The van der Waals surface area contributed by atoms with Gasteiger partial charge in [-0.25, -0.2) is 0 Å². The zero-order valence-electron chi connectivity index (χ0n) is 25.0. The molecule has 0 radical (unpaired) electrons. The molecule has 0 N–H and O–H groups in total. The highest BCUT2D eigenvalue weighted by Crippen LogP contribution is 2.21. The molecule has 0 saturated carbocycles. The molecule has 0 aliphatic carbocycles. The van der Waals surface area contributed by atoms with E-state index in [2.05, 4.69) is 44.2 Å². The molecule has 0 bridgehead atoms. The standard InChI is InChI=1S/C11H48O15Si16/c1-3-42(4-2,10-11-8-6-5-7-9-11)26-41-25-40-24-39-23-38-22-37-21-36-20-35-19-34-18-33-17-32-16-31-15-30-14-29-13-28-12-27/h5-9H,3-4,10,28-41H2,1-2,27H3. The molecule has 0 aliphatic rings. The van der Waals surface area contributed by atoms with E-state index >= 15 is 0 Å². The Kier molecular flexibility index (Phi) is 33.1. The van der Waals surface area contributed by atoms with E-state index in [1.807, 2.05) is 0 Å². The van der Waals surface area contributed by atoms with Crippen LogP contribution >= 0.6 is 0 Å². The molecule has 1 rings (SSSR count). The number of benzene rings is 1. The van der Waals surface area contributed by atoms with Crippen LogP contribution in [0.15, 0.2) is 30.3 Å². The van der Waals surface area contributed by atoms with Crippen molar-refractivity contribution in [2.45, 2.75) is 32.0 Å². The van der Waals surface area contributed by atoms with Crippen molar-refractivity contribution in [1.29, 1.82) is 0 Å². The van der Waals surface area contributed by atoms with Gasteiger partial charge in [-0.1, -0.05) is 44.2 Å². The highest BCUT2D eigenvalue weighted by atomic mass is 28.4. The molecule has 31 heteroatoms. The lowest BCUT2D eigenvalue weighted by atomic mass is 10.2. The Hall–Kier alpha value is 2.09. The number of hydrogen-bond acceptors (Lipinski definition) is 15. The maximum Gasteiger partial charge on any atom is 0.286 e. The fourth-order valence-corrected chi connectivity index (χ4v) is 33.3. The molecule has 0 saturated heterocycles. The van der Waals surface area contributed by atoms with Crippen LogP contribution in [0.25, 0.3) is 0 Å². The first-order chi connectivity index (χ1) is 20.8. The summed E-state index contributed by atoms with van der Waals surface area (Å²) in [6.07, 6.45) is 0. The van der Waals surface area contributed by atoms with E-state index in [9.17, 15) is 0 Å². The lowest BCUT2D eigenvalue weighted by molar-refractivity contribution is 0.356. The number of hydrogen-bond donors (Lipinski definition) is 0. The fourth-order valence-electron chi connectivity index (χ4n) is 3.12. The van der Waals surface area contributed by atoms with Gasteiger partial charge in [-0.2, -0.15) is 0 Å². The summed E-state index contributed by atoms with van der Waals surface area (Å²) in [5.74, 6) is 0. The molecule has 0 fully saturated rings. The van der Waals surface area contributed by atoms with Crippen molar-refractivity contribution in [3.63, 3.8) is 0 Å². The van der Waals surface area contributed by atoms with Crippen LogP contribution in [0.4, 0.5) is 0 Å². The van der Waals surface area contributed by atoms with Crippen LogP contribution in [0.5, 0.6) is 0 Å². The lowest BCUT2D eigenvalue weighted by Gasteiger charge is -2.30. The van der Waals surface area contributed by atoms with Crippen molar-refractivity contribution in [3.05, 3.63) is 35.9 Å². The van der Waals surface area contributed by atoms with Gasteiger partial charge in [0.25, 0.3) is 140 Å². The topological polar surface area (TPSA) is 138 Å². The van der Waals surface area contributed by atoms with E-state index in [-0.39, 0.29) is 0 Å². The minimum absolute atomic E-state index is 0.738. The van der Waals surface area contributed by atoms with Crippen molar-refractivity contribution in [2.75, 3.05) is 0 Å². The van der Waals surface area contributed by atoms with Gasteiger partial charge < -0.3 is 61.7 Å². The minimum atomic E-state index is -1.78.